The Morgan fingerprint density at radius 2 is 1.70 bits per heavy atom. The number of aliphatic carboxylic acids is 1. The van der Waals surface area contributed by atoms with Gasteiger partial charge < -0.3 is 15.7 Å². The Balaban J connectivity index is 1.39. The molecule has 10 nitrogen and oxygen atoms in total. The number of pyridine rings is 3. The van der Waals surface area contributed by atoms with Crippen molar-refractivity contribution in [3.8, 4) is 28.3 Å². The lowest BCUT2D eigenvalue weighted by molar-refractivity contribution is -0.150. The number of carbonyl (C=O) groups excluding carboxylic acids is 1. The molecule has 0 bridgehead atoms. The maximum atomic E-state index is 13.2. The molecule has 1 aliphatic heterocycles. The lowest BCUT2D eigenvalue weighted by atomic mass is 9.80. The first-order valence-electron chi connectivity index (χ1n) is 13.0. The van der Waals surface area contributed by atoms with Crippen molar-refractivity contribution in [2.75, 3.05) is 18.8 Å². The maximum Gasteiger partial charge on any atom is 0.309 e. The Bertz CT molecular complexity index is 1720. The van der Waals surface area contributed by atoms with Gasteiger partial charge in [0.15, 0.2) is 11.5 Å². The van der Waals surface area contributed by atoms with Gasteiger partial charge in [0.25, 0.3) is 5.91 Å². The van der Waals surface area contributed by atoms with Gasteiger partial charge in [0, 0.05) is 24.8 Å². The van der Waals surface area contributed by atoms with Crippen LogP contribution in [0.5, 0.6) is 0 Å². The van der Waals surface area contributed by atoms with E-state index in [1.54, 1.807) is 42.4 Å². The summed E-state index contributed by atoms with van der Waals surface area (Å²) in [4.78, 5) is 44.9. The second-order valence-electron chi connectivity index (χ2n) is 10.2. The van der Waals surface area contributed by atoms with Crippen LogP contribution in [-0.4, -0.2) is 59.5 Å². The van der Waals surface area contributed by atoms with E-state index in [4.69, 9.17) is 15.7 Å². The molecule has 1 fully saturated rings. The molecule has 4 aromatic heterocycles. The monoisotopic (exact) mass is 533 g/mol. The summed E-state index contributed by atoms with van der Waals surface area (Å²) in [7, 11) is 0. The van der Waals surface area contributed by atoms with Crippen LogP contribution in [0.4, 0.5) is 5.82 Å². The van der Waals surface area contributed by atoms with Gasteiger partial charge in [-0.3, -0.25) is 14.2 Å². The number of aromatic nitrogens is 5. The van der Waals surface area contributed by atoms with Gasteiger partial charge in [-0.25, -0.2) is 19.9 Å². The third kappa shape index (κ3) is 4.43. The number of anilines is 1. The van der Waals surface area contributed by atoms with E-state index in [0.29, 0.717) is 60.0 Å². The Morgan fingerprint density at radius 1 is 0.925 bits per heavy atom. The zero-order valence-electron chi connectivity index (χ0n) is 21.9. The van der Waals surface area contributed by atoms with Crippen molar-refractivity contribution >= 4 is 28.9 Å². The van der Waals surface area contributed by atoms with E-state index in [0.717, 1.165) is 11.3 Å². The zero-order valence-corrected chi connectivity index (χ0v) is 21.9. The number of hydrogen-bond donors (Lipinski definition) is 2. The average Bonchev–Trinajstić information content (AvgIpc) is 3.36. The van der Waals surface area contributed by atoms with E-state index in [1.165, 1.54) is 0 Å². The zero-order chi connectivity index (χ0) is 27.9. The lowest BCUT2D eigenvalue weighted by Gasteiger charge is -2.36. The van der Waals surface area contributed by atoms with E-state index < -0.39 is 11.4 Å². The molecule has 40 heavy (non-hydrogen) atoms. The number of fused-ring (bicyclic) bond motifs is 1. The largest absolute Gasteiger partial charge is 0.481 e. The molecule has 200 valence electrons. The fraction of sp³-hybridized carbons (Fsp3) is 0.200. The minimum Gasteiger partial charge on any atom is -0.481 e. The van der Waals surface area contributed by atoms with Crippen LogP contribution in [0.25, 0.3) is 39.5 Å². The van der Waals surface area contributed by atoms with Crippen LogP contribution in [0, 0.1) is 5.41 Å². The molecule has 0 saturated carbocycles. The highest BCUT2D eigenvalue weighted by atomic mass is 16.4. The lowest BCUT2D eigenvalue weighted by Crippen LogP contribution is -2.45. The van der Waals surface area contributed by atoms with Crippen molar-refractivity contribution in [1.29, 1.82) is 0 Å². The SMILES string of the molecule is CC1(C(=O)O)CCN(C(=O)c2ccc(-n3c(-c4cccnc4N)nc4ccc(-c5ccccc5)nc43)cn2)CC1. The average molecular weight is 534 g/mol. The van der Waals surface area contributed by atoms with Gasteiger partial charge in [-0.1, -0.05) is 30.3 Å². The first-order chi connectivity index (χ1) is 19.3. The van der Waals surface area contributed by atoms with Crippen molar-refractivity contribution in [2.45, 2.75) is 19.8 Å². The van der Waals surface area contributed by atoms with E-state index in [9.17, 15) is 14.7 Å². The summed E-state index contributed by atoms with van der Waals surface area (Å²) in [6.45, 7) is 2.46. The van der Waals surface area contributed by atoms with Crippen LogP contribution in [-0.2, 0) is 4.79 Å². The molecule has 10 heteroatoms. The topological polar surface area (TPSA) is 140 Å². The normalized spacial score (nSPS) is 14.8. The molecular weight excluding hydrogens is 506 g/mol. The third-order valence-electron chi connectivity index (χ3n) is 7.55. The summed E-state index contributed by atoms with van der Waals surface area (Å²) in [6, 6.07) is 20.9. The Hall–Kier alpha value is -5.12. The first kappa shape index (κ1) is 25.2. The fourth-order valence-electron chi connectivity index (χ4n) is 4.98. The van der Waals surface area contributed by atoms with Crippen LogP contribution in [0.3, 0.4) is 0 Å². The Kier molecular flexibility index (Phi) is 6.22. The molecule has 3 N–H and O–H groups in total. The number of nitrogens with two attached hydrogens (primary N) is 1. The molecule has 0 radical (unpaired) electrons. The number of carbonyl (C=O) groups is 2. The third-order valence-corrected chi connectivity index (χ3v) is 7.55. The van der Waals surface area contributed by atoms with Crippen LogP contribution >= 0.6 is 0 Å². The number of carboxylic acids is 1. The van der Waals surface area contributed by atoms with E-state index in [-0.39, 0.29) is 11.6 Å². The van der Waals surface area contributed by atoms with Crippen LogP contribution < -0.4 is 5.73 Å². The molecule has 5 heterocycles. The molecule has 0 spiro atoms. The quantitative estimate of drug-likeness (QED) is 0.338. The number of piperidine rings is 1. The predicted molar refractivity (Wildman–Crippen MR) is 151 cm³/mol. The highest BCUT2D eigenvalue weighted by Gasteiger charge is 2.38. The van der Waals surface area contributed by atoms with Gasteiger partial charge in [-0.05, 0) is 56.2 Å². The highest BCUT2D eigenvalue weighted by Crippen LogP contribution is 2.33. The minimum atomic E-state index is -0.830. The van der Waals surface area contributed by atoms with Crippen molar-refractivity contribution in [2.24, 2.45) is 5.41 Å². The molecule has 1 saturated heterocycles. The molecular formula is C30H27N7O3. The number of hydrogen-bond acceptors (Lipinski definition) is 7. The summed E-state index contributed by atoms with van der Waals surface area (Å²) >= 11 is 0. The van der Waals surface area contributed by atoms with Crippen molar-refractivity contribution in [1.82, 2.24) is 29.4 Å². The van der Waals surface area contributed by atoms with Gasteiger partial charge in [0.1, 0.15) is 17.0 Å². The maximum absolute atomic E-state index is 13.2. The smallest absolute Gasteiger partial charge is 0.309 e. The number of amides is 1. The first-order valence-corrected chi connectivity index (χ1v) is 13.0. The van der Waals surface area contributed by atoms with Crippen molar-refractivity contribution in [3.63, 3.8) is 0 Å². The second-order valence-corrected chi connectivity index (χ2v) is 10.2. The summed E-state index contributed by atoms with van der Waals surface area (Å²) in [5, 5.41) is 9.50. The number of nitrogens with zero attached hydrogens (tertiary/aromatic N) is 6. The minimum absolute atomic E-state index is 0.226. The van der Waals surface area contributed by atoms with E-state index >= 15 is 0 Å². The standard InChI is InChI=1S/C30H27N7O3/c1-30(29(39)40)13-16-36(17-14-30)28(38)24-10-9-20(18-33-24)37-26(21-8-5-15-32-25(21)31)35-23-12-11-22(34-27(23)37)19-6-3-2-4-7-19/h2-12,15,18H,13-14,16-17H2,1H3,(H2,31,32)(H,39,40). The molecule has 0 atom stereocenters. The number of benzene rings is 1. The molecule has 6 rings (SSSR count). The van der Waals surface area contributed by atoms with Gasteiger partial charge >= 0.3 is 5.97 Å². The number of nitrogen functional groups attached to an aromatic ring is 1. The Morgan fingerprint density at radius 3 is 2.38 bits per heavy atom. The second kappa shape index (κ2) is 9.88. The number of imidazole rings is 1. The molecule has 0 unspecified atom stereocenters. The summed E-state index contributed by atoms with van der Waals surface area (Å²) in [5.41, 5.74) is 10.1. The van der Waals surface area contributed by atoms with E-state index in [1.807, 2.05) is 53.1 Å². The van der Waals surface area contributed by atoms with Gasteiger partial charge in [0.05, 0.1) is 28.6 Å². The number of likely N-dealkylation sites (tertiary alicyclic amines) is 1. The summed E-state index contributed by atoms with van der Waals surface area (Å²) < 4.78 is 1.87. The summed E-state index contributed by atoms with van der Waals surface area (Å²) in [5.74, 6) is -0.164. The fourth-order valence-corrected chi connectivity index (χ4v) is 4.98. The summed E-state index contributed by atoms with van der Waals surface area (Å²) in [6.07, 6.45) is 4.04. The highest BCUT2D eigenvalue weighted by molar-refractivity contribution is 5.93. The van der Waals surface area contributed by atoms with E-state index in [2.05, 4.69) is 9.97 Å². The number of carboxylic acid groups (broad SMARTS) is 1. The van der Waals surface area contributed by atoms with Gasteiger partial charge in [-0.2, -0.15) is 0 Å². The van der Waals surface area contributed by atoms with Crippen molar-refractivity contribution in [3.05, 3.63) is 84.8 Å². The van der Waals surface area contributed by atoms with Crippen LogP contribution in [0.1, 0.15) is 30.3 Å². The molecule has 1 aromatic carbocycles. The van der Waals surface area contributed by atoms with Crippen LogP contribution in [0.15, 0.2) is 79.1 Å². The predicted octanol–water partition coefficient (Wildman–Crippen LogP) is 4.45. The van der Waals surface area contributed by atoms with Gasteiger partial charge in [-0.15, -0.1) is 0 Å². The molecule has 1 aliphatic rings. The van der Waals surface area contributed by atoms with Crippen molar-refractivity contribution < 1.29 is 14.7 Å². The molecule has 5 aromatic rings. The van der Waals surface area contributed by atoms with Gasteiger partial charge in [0.2, 0.25) is 0 Å². The van der Waals surface area contributed by atoms with Crippen LogP contribution in [0.2, 0.25) is 0 Å². The number of rotatable bonds is 5. The Labute approximate surface area is 230 Å². The molecule has 1 amide bonds. The molecule has 0 aliphatic carbocycles.